The van der Waals surface area contributed by atoms with E-state index in [-0.39, 0.29) is 12.1 Å². The van der Waals surface area contributed by atoms with Crippen LogP contribution in [0.1, 0.15) is 66.2 Å². The van der Waals surface area contributed by atoms with Crippen molar-refractivity contribution in [2.24, 2.45) is 0 Å². The van der Waals surface area contributed by atoms with Crippen LogP contribution < -0.4 is 10.6 Å². The van der Waals surface area contributed by atoms with Crippen LogP contribution in [0.5, 0.6) is 0 Å². The largest absolute Gasteiger partial charge is 0.444 e. The van der Waals surface area contributed by atoms with Crippen molar-refractivity contribution in [3.05, 3.63) is 0 Å². The Bertz CT molecular complexity index is 373. The molecule has 1 saturated heterocycles. The van der Waals surface area contributed by atoms with Crippen LogP contribution in [-0.4, -0.2) is 54.4 Å². The zero-order valence-electron chi connectivity index (χ0n) is 15.4. The van der Waals surface area contributed by atoms with Gasteiger partial charge in [0.05, 0.1) is 0 Å². The Labute approximate surface area is 141 Å². The van der Waals surface area contributed by atoms with Crippen molar-refractivity contribution in [3.63, 3.8) is 0 Å². The molecule has 5 heteroatoms. The lowest BCUT2D eigenvalue weighted by Crippen LogP contribution is -2.50. The van der Waals surface area contributed by atoms with Gasteiger partial charge in [-0.05, 0) is 78.9 Å². The average Bonchev–Trinajstić information content (AvgIpc) is 2.46. The van der Waals surface area contributed by atoms with E-state index in [1.807, 2.05) is 20.8 Å². The van der Waals surface area contributed by atoms with Gasteiger partial charge in [0.15, 0.2) is 0 Å². The number of carbonyl (C=O) groups excluding carboxylic acids is 1. The van der Waals surface area contributed by atoms with Gasteiger partial charge in [0.2, 0.25) is 0 Å². The third-order valence-corrected chi connectivity index (χ3v) is 4.90. The van der Waals surface area contributed by atoms with Crippen molar-refractivity contribution in [2.45, 2.75) is 89.9 Å². The van der Waals surface area contributed by atoms with Crippen molar-refractivity contribution in [1.82, 2.24) is 15.5 Å². The predicted molar refractivity (Wildman–Crippen MR) is 93.7 cm³/mol. The Hall–Kier alpha value is -0.810. The summed E-state index contributed by atoms with van der Waals surface area (Å²) in [6.45, 7) is 11.5. The number of hydrogen-bond donors (Lipinski definition) is 2. The molecule has 2 fully saturated rings. The summed E-state index contributed by atoms with van der Waals surface area (Å²) in [5, 5.41) is 6.88. The first-order valence-corrected chi connectivity index (χ1v) is 9.33. The molecule has 134 valence electrons. The summed E-state index contributed by atoms with van der Waals surface area (Å²) in [4.78, 5) is 14.5. The number of rotatable bonds is 4. The van der Waals surface area contributed by atoms with Crippen molar-refractivity contribution < 1.29 is 9.53 Å². The smallest absolute Gasteiger partial charge is 0.407 e. The topological polar surface area (TPSA) is 53.6 Å². The number of likely N-dealkylation sites (tertiary alicyclic amines) is 1. The molecule has 2 atom stereocenters. The first-order valence-electron chi connectivity index (χ1n) is 9.33. The highest BCUT2D eigenvalue weighted by Gasteiger charge is 2.27. The van der Waals surface area contributed by atoms with Gasteiger partial charge < -0.3 is 20.3 Å². The molecule has 2 aliphatic rings. The number of ether oxygens (including phenoxy) is 1. The zero-order valence-corrected chi connectivity index (χ0v) is 15.4. The molecule has 0 aromatic heterocycles. The van der Waals surface area contributed by atoms with Crippen molar-refractivity contribution in [1.29, 1.82) is 0 Å². The quantitative estimate of drug-likeness (QED) is 0.834. The molecule has 2 rings (SSSR count). The van der Waals surface area contributed by atoms with E-state index in [0.29, 0.717) is 12.1 Å². The Balaban J connectivity index is 1.72. The number of nitrogens with one attached hydrogen (secondary N) is 2. The molecular weight excluding hydrogens is 290 g/mol. The van der Waals surface area contributed by atoms with Crippen LogP contribution in [0.15, 0.2) is 0 Å². The van der Waals surface area contributed by atoms with E-state index in [1.54, 1.807) is 0 Å². The number of alkyl carbamates (subject to hydrolysis) is 1. The molecule has 0 spiro atoms. The average molecular weight is 325 g/mol. The minimum atomic E-state index is -0.427. The van der Waals surface area contributed by atoms with Crippen LogP contribution in [0, 0.1) is 0 Å². The van der Waals surface area contributed by atoms with Crippen molar-refractivity contribution in [3.8, 4) is 0 Å². The Kier molecular flexibility index (Phi) is 6.72. The summed E-state index contributed by atoms with van der Waals surface area (Å²) < 4.78 is 5.37. The molecule has 0 aromatic carbocycles. The Morgan fingerprint density at radius 3 is 2.35 bits per heavy atom. The van der Waals surface area contributed by atoms with Crippen LogP contribution in [0.2, 0.25) is 0 Å². The van der Waals surface area contributed by atoms with Gasteiger partial charge >= 0.3 is 6.09 Å². The second-order valence-electron chi connectivity index (χ2n) is 8.08. The fourth-order valence-electron chi connectivity index (χ4n) is 3.70. The molecule has 23 heavy (non-hydrogen) atoms. The Morgan fingerprint density at radius 1 is 1.09 bits per heavy atom. The van der Waals surface area contributed by atoms with Crippen LogP contribution in [-0.2, 0) is 4.74 Å². The van der Waals surface area contributed by atoms with E-state index >= 15 is 0 Å². The molecule has 1 aliphatic heterocycles. The van der Waals surface area contributed by atoms with Crippen LogP contribution in [0.25, 0.3) is 0 Å². The summed E-state index contributed by atoms with van der Waals surface area (Å²) in [6, 6.07) is 1.41. The monoisotopic (exact) mass is 325 g/mol. The molecular formula is C18H35N3O2. The SMILES string of the molecule is CCN1CCC(NC2CCCC(NC(=O)OC(C)(C)C)C2)CC1. The van der Waals surface area contributed by atoms with E-state index in [4.69, 9.17) is 4.74 Å². The standard InChI is InChI=1S/C18H35N3O2/c1-5-21-11-9-14(10-12-21)19-15-7-6-8-16(13-15)20-17(22)23-18(2,3)4/h14-16,19H,5-13H2,1-4H3,(H,20,22). The number of piperidine rings is 1. The van der Waals surface area contributed by atoms with Gasteiger partial charge in [0, 0.05) is 18.1 Å². The van der Waals surface area contributed by atoms with Gasteiger partial charge in [0.1, 0.15) is 5.60 Å². The number of hydrogen-bond acceptors (Lipinski definition) is 4. The van der Waals surface area contributed by atoms with Crippen LogP contribution >= 0.6 is 0 Å². The maximum absolute atomic E-state index is 11.9. The fourth-order valence-corrected chi connectivity index (χ4v) is 3.70. The first-order chi connectivity index (χ1) is 10.9. The first kappa shape index (κ1) is 18.5. The molecule has 5 nitrogen and oxygen atoms in total. The lowest BCUT2D eigenvalue weighted by atomic mass is 9.89. The third kappa shape index (κ3) is 6.68. The van der Waals surface area contributed by atoms with Crippen LogP contribution in [0.3, 0.4) is 0 Å². The normalized spacial score (nSPS) is 27.7. The summed E-state index contributed by atoms with van der Waals surface area (Å²) in [5.41, 5.74) is -0.427. The molecule has 0 aromatic rings. The highest BCUT2D eigenvalue weighted by Crippen LogP contribution is 2.21. The second kappa shape index (κ2) is 8.34. The van der Waals surface area contributed by atoms with E-state index in [0.717, 1.165) is 19.4 Å². The minimum absolute atomic E-state index is 0.242. The van der Waals surface area contributed by atoms with Gasteiger partial charge in [-0.3, -0.25) is 0 Å². The van der Waals surface area contributed by atoms with Gasteiger partial charge in [-0.1, -0.05) is 6.92 Å². The fraction of sp³-hybridized carbons (Fsp3) is 0.944. The molecule has 1 amide bonds. The minimum Gasteiger partial charge on any atom is -0.444 e. The molecule has 2 N–H and O–H groups in total. The molecule has 0 radical (unpaired) electrons. The van der Waals surface area contributed by atoms with Crippen molar-refractivity contribution in [2.75, 3.05) is 19.6 Å². The molecule has 0 bridgehead atoms. The summed E-state index contributed by atoms with van der Waals surface area (Å²) >= 11 is 0. The van der Waals surface area contributed by atoms with Crippen molar-refractivity contribution >= 4 is 6.09 Å². The van der Waals surface area contributed by atoms with E-state index in [9.17, 15) is 4.79 Å². The maximum atomic E-state index is 11.9. The third-order valence-electron chi connectivity index (χ3n) is 4.90. The zero-order chi connectivity index (χ0) is 16.9. The number of nitrogens with zero attached hydrogens (tertiary/aromatic N) is 1. The lowest BCUT2D eigenvalue weighted by Gasteiger charge is -2.37. The summed E-state index contributed by atoms with van der Waals surface area (Å²) in [7, 11) is 0. The second-order valence-corrected chi connectivity index (χ2v) is 8.08. The highest BCUT2D eigenvalue weighted by molar-refractivity contribution is 5.68. The summed E-state index contributed by atoms with van der Waals surface area (Å²) in [5.74, 6) is 0. The molecule has 2 unspecified atom stereocenters. The van der Waals surface area contributed by atoms with Gasteiger partial charge in [0.25, 0.3) is 0 Å². The Morgan fingerprint density at radius 2 is 1.74 bits per heavy atom. The van der Waals surface area contributed by atoms with Gasteiger partial charge in [-0.15, -0.1) is 0 Å². The highest BCUT2D eigenvalue weighted by atomic mass is 16.6. The molecule has 1 heterocycles. The lowest BCUT2D eigenvalue weighted by molar-refractivity contribution is 0.0487. The summed E-state index contributed by atoms with van der Waals surface area (Å²) in [6.07, 6.45) is 6.69. The van der Waals surface area contributed by atoms with E-state index < -0.39 is 5.60 Å². The van der Waals surface area contributed by atoms with Gasteiger partial charge in [-0.25, -0.2) is 4.79 Å². The number of amides is 1. The van der Waals surface area contributed by atoms with E-state index in [2.05, 4.69) is 22.5 Å². The van der Waals surface area contributed by atoms with Crippen LogP contribution in [0.4, 0.5) is 4.79 Å². The van der Waals surface area contributed by atoms with E-state index in [1.165, 1.54) is 38.8 Å². The molecule has 1 saturated carbocycles. The molecule has 1 aliphatic carbocycles. The van der Waals surface area contributed by atoms with Gasteiger partial charge in [-0.2, -0.15) is 0 Å². The predicted octanol–water partition coefficient (Wildman–Crippen LogP) is 2.90. The number of carbonyl (C=O) groups is 1. The maximum Gasteiger partial charge on any atom is 0.407 e.